The highest BCUT2D eigenvalue weighted by atomic mass is 16.7. The summed E-state index contributed by atoms with van der Waals surface area (Å²) in [5.41, 5.74) is 3.10. The van der Waals surface area contributed by atoms with E-state index in [1.165, 1.54) is 0 Å². The van der Waals surface area contributed by atoms with E-state index in [9.17, 15) is 0 Å². The molecule has 0 bridgehead atoms. The summed E-state index contributed by atoms with van der Waals surface area (Å²) in [5, 5.41) is 0. The van der Waals surface area contributed by atoms with Crippen LogP contribution >= 0.6 is 0 Å². The van der Waals surface area contributed by atoms with Crippen molar-refractivity contribution in [1.29, 1.82) is 0 Å². The van der Waals surface area contributed by atoms with Crippen LogP contribution in [-0.2, 0) is 13.0 Å². The van der Waals surface area contributed by atoms with Gasteiger partial charge < -0.3 is 23.7 Å². The molecule has 0 amide bonds. The first-order valence-corrected chi connectivity index (χ1v) is 7.77. The Bertz CT molecular complexity index is 797. The van der Waals surface area contributed by atoms with Crippen molar-refractivity contribution >= 4 is 0 Å². The fourth-order valence-electron chi connectivity index (χ4n) is 2.75. The van der Waals surface area contributed by atoms with Crippen LogP contribution in [0.1, 0.15) is 18.1 Å². The minimum absolute atomic E-state index is 0.244. The molecule has 5 nitrogen and oxygen atoms in total. The second-order valence-corrected chi connectivity index (χ2v) is 5.92. The maximum atomic E-state index is 6.04. The van der Waals surface area contributed by atoms with Crippen molar-refractivity contribution < 1.29 is 23.7 Å². The Morgan fingerprint density at radius 3 is 2.38 bits per heavy atom. The van der Waals surface area contributed by atoms with Gasteiger partial charge in [0.25, 0.3) is 0 Å². The molecule has 2 aromatic rings. The lowest BCUT2D eigenvalue weighted by atomic mass is 10.1. The highest BCUT2D eigenvalue weighted by Crippen LogP contribution is 2.39. The molecule has 2 aliphatic rings. The summed E-state index contributed by atoms with van der Waals surface area (Å²) in [6.07, 6.45) is 0.729. The molecule has 0 saturated heterocycles. The van der Waals surface area contributed by atoms with Crippen molar-refractivity contribution in [2.24, 2.45) is 0 Å². The third-order valence-corrected chi connectivity index (χ3v) is 3.88. The van der Waals surface area contributed by atoms with Crippen LogP contribution < -0.4 is 23.7 Å². The second-order valence-electron chi connectivity index (χ2n) is 5.92. The molecule has 2 aliphatic heterocycles. The van der Waals surface area contributed by atoms with E-state index in [2.05, 4.69) is 6.58 Å². The molecule has 24 heavy (non-hydrogen) atoms. The number of ether oxygens (including phenoxy) is 5. The van der Waals surface area contributed by atoms with Crippen LogP contribution in [0.4, 0.5) is 0 Å². The van der Waals surface area contributed by atoms with Crippen molar-refractivity contribution in [3.8, 4) is 28.7 Å². The molecule has 4 rings (SSSR count). The molecule has 0 saturated carbocycles. The Labute approximate surface area is 140 Å². The average Bonchev–Trinajstić information content (AvgIpc) is 3.19. The first-order valence-electron chi connectivity index (χ1n) is 7.77. The fraction of sp³-hybridized carbons (Fsp3) is 0.263. The zero-order valence-corrected chi connectivity index (χ0v) is 13.5. The topological polar surface area (TPSA) is 46.2 Å². The predicted molar refractivity (Wildman–Crippen MR) is 88.0 cm³/mol. The number of hydrogen-bond acceptors (Lipinski definition) is 5. The van der Waals surface area contributed by atoms with Crippen LogP contribution in [0.25, 0.3) is 0 Å². The van der Waals surface area contributed by atoms with E-state index in [0.29, 0.717) is 12.4 Å². The number of fused-ring (bicyclic) bond motifs is 2. The van der Waals surface area contributed by atoms with Gasteiger partial charge in [0.2, 0.25) is 13.6 Å². The minimum Gasteiger partial charge on any atom is -0.488 e. The molecule has 5 heteroatoms. The Kier molecular flexibility index (Phi) is 3.69. The van der Waals surface area contributed by atoms with Gasteiger partial charge in [-0.1, -0.05) is 18.2 Å². The number of hydrogen-bond donors (Lipinski definition) is 0. The molecule has 0 unspecified atom stereocenters. The van der Waals surface area contributed by atoms with Gasteiger partial charge in [-0.3, -0.25) is 0 Å². The molecule has 0 aromatic heterocycles. The monoisotopic (exact) mass is 326 g/mol. The summed E-state index contributed by atoms with van der Waals surface area (Å²) in [6, 6.07) is 9.65. The largest absolute Gasteiger partial charge is 0.488 e. The Hall–Kier alpha value is -2.82. The molecule has 0 spiro atoms. The molecule has 0 fully saturated rings. The maximum absolute atomic E-state index is 6.04. The van der Waals surface area contributed by atoms with E-state index < -0.39 is 0 Å². The van der Waals surface area contributed by atoms with Gasteiger partial charge in [0.15, 0.2) is 23.0 Å². The zero-order valence-electron chi connectivity index (χ0n) is 13.5. The van der Waals surface area contributed by atoms with Crippen LogP contribution in [0.15, 0.2) is 42.5 Å². The Balaban J connectivity index is 1.56. The summed E-state index contributed by atoms with van der Waals surface area (Å²) in [4.78, 5) is 0. The average molecular weight is 326 g/mol. The van der Waals surface area contributed by atoms with E-state index >= 15 is 0 Å². The molecule has 0 atom stereocenters. The van der Waals surface area contributed by atoms with Crippen molar-refractivity contribution in [2.45, 2.75) is 20.0 Å². The quantitative estimate of drug-likeness (QED) is 0.781. The fourth-order valence-corrected chi connectivity index (χ4v) is 2.75. The minimum atomic E-state index is 0.244. The van der Waals surface area contributed by atoms with Crippen LogP contribution in [0.3, 0.4) is 0 Å². The van der Waals surface area contributed by atoms with Crippen LogP contribution in [0.2, 0.25) is 0 Å². The lowest BCUT2D eigenvalue weighted by Gasteiger charge is -2.13. The summed E-state index contributed by atoms with van der Waals surface area (Å²) in [5.74, 6) is 3.76. The third kappa shape index (κ3) is 2.85. The van der Waals surface area contributed by atoms with E-state index in [-0.39, 0.29) is 13.6 Å². The SMILES string of the molecule is C=C(C)Cc1cc2c(cc1OCc1ccc3c(c1)OCO3)OCO2. The number of benzene rings is 2. The highest BCUT2D eigenvalue weighted by molar-refractivity contribution is 5.53. The van der Waals surface area contributed by atoms with E-state index in [1.807, 2.05) is 37.3 Å². The van der Waals surface area contributed by atoms with Crippen LogP contribution in [-0.4, -0.2) is 13.6 Å². The van der Waals surface area contributed by atoms with Crippen molar-refractivity contribution in [1.82, 2.24) is 0 Å². The van der Waals surface area contributed by atoms with Gasteiger partial charge >= 0.3 is 0 Å². The van der Waals surface area contributed by atoms with Crippen LogP contribution in [0.5, 0.6) is 28.7 Å². The van der Waals surface area contributed by atoms with Gasteiger partial charge in [0.05, 0.1) is 0 Å². The molecule has 0 N–H and O–H groups in total. The molecule has 2 heterocycles. The second kappa shape index (κ2) is 6.00. The van der Waals surface area contributed by atoms with Gasteiger partial charge in [-0.25, -0.2) is 0 Å². The zero-order chi connectivity index (χ0) is 16.5. The standard InChI is InChI=1S/C19H18O5/c1-12(2)5-14-7-18-19(24-11-23-18)8-16(14)20-9-13-3-4-15-17(6-13)22-10-21-15/h3-4,6-8H,1,5,9-11H2,2H3. The summed E-state index contributed by atoms with van der Waals surface area (Å²) < 4.78 is 27.7. The molecule has 0 radical (unpaired) electrons. The predicted octanol–water partition coefficient (Wildman–Crippen LogP) is 3.84. The smallest absolute Gasteiger partial charge is 0.231 e. The molecular formula is C19H18O5. The van der Waals surface area contributed by atoms with Gasteiger partial charge in [-0.05, 0) is 37.1 Å². The van der Waals surface area contributed by atoms with Crippen LogP contribution in [0, 0.1) is 0 Å². The highest BCUT2D eigenvalue weighted by Gasteiger charge is 2.19. The molecular weight excluding hydrogens is 308 g/mol. The third-order valence-electron chi connectivity index (χ3n) is 3.88. The van der Waals surface area contributed by atoms with E-state index in [1.54, 1.807) is 0 Å². The summed E-state index contributed by atoms with van der Waals surface area (Å²) in [6.45, 7) is 6.92. The lowest BCUT2D eigenvalue weighted by molar-refractivity contribution is 0.173. The number of allylic oxidation sites excluding steroid dienone is 1. The lowest BCUT2D eigenvalue weighted by Crippen LogP contribution is -1.99. The van der Waals surface area contributed by atoms with Gasteiger partial charge in [-0.2, -0.15) is 0 Å². The Morgan fingerprint density at radius 2 is 1.62 bits per heavy atom. The first-order chi connectivity index (χ1) is 11.7. The Morgan fingerprint density at radius 1 is 0.958 bits per heavy atom. The number of rotatable bonds is 5. The maximum Gasteiger partial charge on any atom is 0.231 e. The van der Waals surface area contributed by atoms with Crippen molar-refractivity contribution in [3.63, 3.8) is 0 Å². The van der Waals surface area contributed by atoms with Crippen molar-refractivity contribution in [2.75, 3.05) is 13.6 Å². The van der Waals surface area contributed by atoms with Crippen molar-refractivity contribution in [3.05, 3.63) is 53.6 Å². The normalized spacial score (nSPS) is 13.9. The summed E-state index contributed by atoms with van der Waals surface area (Å²) >= 11 is 0. The van der Waals surface area contributed by atoms with E-state index in [0.717, 1.165) is 46.1 Å². The van der Waals surface area contributed by atoms with Gasteiger partial charge in [0, 0.05) is 11.6 Å². The summed E-state index contributed by atoms with van der Waals surface area (Å²) in [7, 11) is 0. The van der Waals surface area contributed by atoms with E-state index in [4.69, 9.17) is 23.7 Å². The van der Waals surface area contributed by atoms with Gasteiger partial charge in [0.1, 0.15) is 12.4 Å². The molecule has 124 valence electrons. The molecule has 0 aliphatic carbocycles. The van der Waals surface area contributed by atoms with Gasteiger partial charge in [-0.15, -0.1) is 0 Å². The molecule has 2 aromatic carbocycles. The first kappa shape index (κ1) is 14.8.